The van der Waals surface area contributed by atoms with Crippen molar-refractivity contribution in [1.29, 1.82) is 0 Å². The molecule has 0 radical (unpaired) electrons. The number of furan rings is 1. The monoisotopic (exact) mass is 650 g/mol. The maximum Gasteiger partial charge on any atom is 0.136 e. The molecule has 0 aliphatic carbocycles. The maximum atomic E-state index is 6.49. The molecule has 0 unspecified atom stereocenters. The van der Waals surface area contributed by atoms with E-state index < -0.39 is 0 Å². The van der Waals surface area contributed by atoms with Crippen molar-refractivity contribution < 1.29 is 4.42 Å². The number of aromatic nitrogens is 2. The van der Waals surface area contributed by atoms with E-state index in [1.54, 1.807) is 0 Å². The third-order valence-electron chi connectivity index (χ3n) is 10.5. The highest BCUT2D eigenvalue weighted by Gasteiger charge is 2.17. The first-order valence-corrected chi connectivity index (χ1v) is 17.4. The van der Waals surface area contributed by atoms with Crippen LogP contribution in [0.2, 0.25) is 0 Å². The lowest BCUT2D eigenvalue weighted by molar-refractivity contribution is 0.669. The molecule has 3 aromatic heterocycles. The van der Waals surface area contributed by atoms with E-state index in [1.165, 1.54) is 49.2 Å². The second-order valence-electron chi connectivity index (χ2n) is 13.3. The minimum Gasteiger partial charge on any atom is -0.456 e. The summed E-state index contributed by atoms with van der Waals surface area (Å²) in [7, 11) is 0. The highest BCUT2D eigenvalue weighted by Crippen LogP contribution is 2.41. The van der Waals surface area contributed by atoms with Gasteiger partial charge in [0.1, 0.15) is 11.2 Å². The van der Waals surface area contributed by atoms with Gasteiger partial charge in [0.25, 0.3) is 0 Å². The van der Waals surface area contributed by atoms with Crippen LogP contribution in [0.25, 0.3) is 99.2 Å². The molecule has 0 atom stereocenters. The van der Waals surface area contributed by atoms with Gasteiger partial charge in [-0.3, -0.25) is 0 Å². The zero-order valence-electron chi connectivity index (χ0n) is 27.6. The number of benzene rings is 8. The first-order valence-electron chi connectivity index (χ1n) is 17.4. The molecule has 0 aliphatic rings. The zero-order valence-corrected chi connectivity index (χ0v) is 27.6. The fraction of sp³-hybridized carbons (Fsp3) is 0. The number of rotatable bonds is 4. The summed E-state index contributed by atoms with van der Waals surface area (Å²) < 4.78 is 11.2. The van der Waals surface area contributed by atoms with Gasteiger partial charge in [-0.25, -0.2) is 0 Å². The van der Waals surface area contributed by atoms with Crippen molar-refractivity contribution in [3.05, 3.63) is 182 Å². The minimum atomic E-state index is 0.890. The Labute approximate surface area is 293 Å². The van der Waals surface area contributed by atoms with E-state index >= 15 is 0 Å². The first-order chi connectivity index (χ1) is 25.3. The summed E-state index contributed by atoms with van der Waals surface area (Å²) in [4.78, 5) is 0. The van der Waals surface area contributed by atoms with Gasteiger partial charge in [0.2, 0.25) is 0 Å². The van der Waals surface area contributed by atoms with Gasteiger partial charge < -0.3 is 13.6 Å². The van der Waals surface area contributed by atoms with Gasteiger partial charge in [-0.15, -0.1) is 0 Å². The maximum absolute atomic E-state index is 6.49. The van der Waals surface area contributed by atoms with Gasteiger partial charge >= 0.3 is 0 Å². The molecular formula is C48H30N2O. The van der Waals surface area contributed by atoms with E-state index in [2.05, 4.69) is 191 Å². The SMILES string of the molecule is c1ccc(-n2c3ccccc3c3cc(-c4ccc5oc6cccc(-c7cccc(-n8c9ccccc9c9ccccc98)c7)c6c5c4)ccc32)cc1. The lowest BCUT2D eigenvalue weighted by Crippen LogP contribution is -1.94. The van der Waals surface area contributed by atoms with Crippen molar-refractivity contribution in [2.75, 3.05) is 0 Å². The molecule has 3 nitrogen and oxygen atoms in total. The van der Waals surface area contributed by atoms with Crippen LogP contribution in [-0.2, 0) is 0 Å². The molecule has 0 saturated heterocycles. The van der Waals surface area contributed by atoms with Crippen LogP contribution >= 0.6 is 0 Å². The van der Waals surface area contributed by atoms with E-state index in [0.29, 0.717) is 0 Å². The fourth-order valence-corrected chi connectivity index (χ4v) is 8.27. The second kappa shape index (κ2) is 10.8. The fourth-order valence-electron chi connectivity index (χ4n) is 8.27. The van der Waals surface area contributed by atoms with Crippen LogP contribution in [0.1, 0.15) is 0 Å². The molecule has 11 aromatic rings. The molecule has 0 spiro atoms. The van der Waals surface area contributed by atoms with E-state index in [0.717, 1.165) is 50.0 Å². The van der Waals surface area contributed by atoms with Gasteiger partial charge in [-0.2, -0.15) is 0 Å². The average Bonchev–Trinajstić information content (AvgIpc) is 3.85. The van der Waals surface area contributed by atoms with Crippen LogP contribution < -0.4 is 0 Å². The number of nitrogens with zero attached hydrogens (tertiary/aromatic N) is 2. The highest BCUT2D eigenvalue weighted by molar-refractivity contribution is 6.15. The van der Waals surface area contributed by atoms with Crippen LogP contribution in [-0.4, -0.2) is 9.13 Å². The quantitative estimate of drug-likeness (QED) is 0.186. The van der Waals surface area contributed by atoms with Crippen molar-refractivity contribution in [3.8, 4) is 33.6 Å². The van der Waals surface area contributed by atoms with Crippen LogP contribution in [0.3, 0.4) is 0 Å². The van der Waals surface area contributed by atoms with Gasteiger partial charge in [-0.1, -0.05) is 109 Å². The van der Waals surface area contributed by atoms with Crippen LogP contribution in [0, 0.1) is 0 Å². The molecule has 8 aromatic carbocycles. The van der Waals surface area contributed by atoms with E-state index in [4.69, 9.17) is 4.42 Å². The summed E-state index contributed by atoms with van der Waals surface area (Å²) in [6.45, 7) is 0. The van der Waals surface area contributed by atoms with Crippen LogP contribution in [0.4, 0.5) is 0 Å². The van der Waals surface area contributed by atoms with Crippen molar-refractivity contribution >= 4 is 65.6 Å². The lowest BCUT2D eigenvalue weighted by Gasteiger charge is -2.11. The Morgan fingerprint density at radius 3 is 1.59 bits per heavy atom. The van der Waals surface area contributed by atoms with Crippen LogP contribution in [0.15, 0.2) is 186 Å². The van der Waals surface area contributed by atoms with E-state index in [-0.39, 0.29) is 0 Å². The molecule has 238 valence electrons. The second-order valence-corrected chi connectivity index (χ2v) is 13.3. The largest absolute Gasteiger partial charge is 0.456 e. The summed E-state index contributed by atoms with van der Waals surface area (Å²) in [5, 5.41) is 7.27. The molecule has 0 aliphatic heterocycles. The Bertz CT molecular complexity index is 3090. The van der Waals surface area contributed by atoms with E-state index in [1.807, 2.05) is 0 Å². The summed E-state index contributed by atoms with van der Waals surface area (Å²) in [6, 6.07) is 65.4. The predicted octanol–water partition coefficient (Wildman–Crippen LogP) is 13.1. The van der Waals surface area contributed by atoms with Gasteiger partial charge in [0, 0.05) is 43.7 Å². The standard InChI is InChI=1S/C48H30N2O/c1-2-13-34(14-3-1)49-44-22-9-6-18-39(44)40-29-31(24-26-45(40)49)32-25-27-46-41(30-32)48-36(19-11-23-47(48)51-46)33-12-10-15-35(28-33)50-42-20-7-4-16-37(42)38-17-5-8-21-43(38)50/h1-30H. The molecule has 51 heavy (non-hydrogen) atoms. The van der Waals surface area contributed by atoms with Crippen molar-refractivity contribution in [1.82, 2.24) is 9.13 Å². The molecule has 0 saturated carbocycles. The molecule has 11 rings (SSSR count). The molecular weight excluding hydrogens is 621 g/mol. The van der Waals surface area contributed by atoms with Gasteiger partial charge in [-0.05, 0) is 95.1 Å². The first kappa shape index (κ1) is 28.0. The van der Waals surface area contributed by atoms with Crippen molar-refractivity contribution in [3.63, 3.8) is 0 Å². The third-order valence-corrected chi connectivity index (χ3v) is 10.5. The van der Waals surface area contributed by atoms with Gasteiger partial charge in [0.05, 0.1) is 22.1 Å². The zero-order chi connectivity index (χ0) is 33.5. The Hall–Kier alpha value is -6.84. The van der Waals surface area contributed by atoms with E-state index in [9.17, 15) is 0 Å². The number of hydrogen-bond donors (Lipinski definition) is 0. The molecule has 3 heterocycles. The topological polar surface area (TPSA) is 23.0 Å². The normalized spacial score (nSPS) is 11.9. The van der Waals surface area contributed by atoms with Crippen molar-refractivity contribution in [2.45, 2.75) is 0 Å². The number of hydrogen-bond acceptors (Lipinski definition) is 1. The Morgan fingerprint density at radius 1 is 0.314 bits per heavy atom. The van der Waals surface area contributed by atoms with Crippen LogP contribution in [0.5, 0.6) is 0 Å². The smallest absolute Gasteiger partial charge is 0.136 e. The molecule has 3 heteroatoms. The molecule has 0 fully saturated rings. The molecule has 0 N–H and O–H groups in total. The number of para-hydroxylation sites is 4. The summed E-state index contributed by atoms with van der Waals surface area (Å²) >= 11 is 0. The number of fused-ring (bicyclic) bond motifs is 9. The average molecular weight is 651 g/mol. The lowest BCUT2D eigenvalue weighted by atomic mass is 9.96. The minimum absolute atomic E-state index is 0.890. The van der Waals surface area contributed by atoms with Gasteiger partial charge in [0.15, 0.2) is 0 Å². The third kappa shape index (κ3) is 4.19. The Balaban J connectivity index is 1.08. The van der Waals surface area contributed by atoms with Crippen molar-refractivity contribution in [2.24, 2.45) is 0 Å². The highest BCUT2D eigenvalue weighted by atomic mass is 16.3. The molecule has 0 amide bonds. The Morgan fingerprint density at radius 2 is 0.863 bits per heavy atom. The summed E-state index contributed by atoms with van der Waals surface area (Å²) in [5.41, 5.74) is 13.6. The predicted molar refractivity (Wildman–Crippen MR) is 213 cm³/mol. The summed E-state index contributed by atoms with van der Waals surface area (Å²) in [6.07, 6.45) is 0. The Kier molecular flexibility index (Phi) is 5.96. The molecule has 0 bridgehead atoms. The summed E-state index contributed by atoms with van der Waals surface area (Å²) in [5.74, 6) is 0.